The Bertz CT molecular complexity index is 475. The molecule has 1 N–H and O–H groups in total. The van der Waals surface area contributed by atoms with Crippen molar-refractivity contribution >= 4 is 27.7 Å². The zero-order valence-corrected chi connectivity index (χ0v) is 12.1. The van der Waals surface area contributed by atoms with Gasteiger partial charge in [0.25, 0.3) is 0 Å². The SMILES string of the molecule is CC1NCC(=O)N(CCOc2ccc(Br)cc2)C1=O. The number of nitrogens with zero attached hydrogens (tertiary/aromatic N) is 1. The van der Waals surface area contributed by atoms with Crippen LogP contribution in [0.15, 0.2) is 28.7 Å². The number of benzene rings is 1. The van der Waals surface area contributed by atoms with Gasteiger partial charge in [-0.3, -0.25) is 19.8 Å². The fraction of sp³-hybridized carbons (Fsp3) is 0.385. The molecule has 1 aliphatic rings. The fourth-order valence-corrected chi connectivity index (χ4v) is 2.06. The molecule has 1 aliphatic heterocycles. The van der Waals surface area contributed by atoms with E-state index in [4.69, 9.17) is 4.74 Å². The highest BCUT2D eigenvalue weighted by Crippen LogP contribution is 2.16. The first-order valence-electron chi connectivity index (χ1n) is 6.04. The minimum Gasteiger partial charge on any atom is -0.492 e. The molecule has 0 aliphatic carbocycles. The van der Waals surface area contributed by atoms with Crippen LogP contribution in [-0.4, -0.2) is 42.5 Å². The number of carbonyl (C=O) groups excluding carboxylic acids is 2. The van der Waals surface area contributed by atoms with E-state index in [1.165, 1.54) is 4.90 Å². The summed E-state index contributed by atoms with van der Waals surface area (Å²) in [6, 6.07) is 7.09. The van der Waals surface area contributed by atoms with Gasteiger partial charge in [-0.2, -0.15) is 0 Å². The molecular formula is C13H15BrN2O3. The Kier molecular flexibility index (Phi) is 4.55. The molecule has 19 heavy (non-hydrogen) atoms. The van der Waals surface area contributed by atoms with Gasteiger partial charge in [-0.1, -0.05) is 15.9 Å². The van der Waals surface area contributed by atoms with Gasteiger partial charge in [0.15, 0.2) is 0 Å². The van der Waals surface area contributed by atoms with Gasteiger partial charge in [0.1, 0.15) is 12.4 Å². The van der Waals surface area contributed by atoms with E-state index < -0.39 is 0 Å². The summed E-state index contributed by atoms with van der Waals surface area (Å²) in [6.07, 6.45) is 0. The Morgan fingerprint density at radius 2 is 2.05 bits per heavy atom. The minimum absolute atomic E-state index is 0.198. The molecule has 1 atom stereocenters. The van der Waals surface area contributed by atoms with Gasteiger partial charge in [0.05, 0.1) is 19.1 Å². The van der Waals surface area contributed by atoms with Crippen LogP contribution in [0.4, 0.5) is 0 Å². The molecule has 2 rings (SSSR count). The third-order valence-corrected chi connectivity index (χ3v) is 3.42. The van der Waals surface area contributed by atoms with Crippen LogP contribution in [0.25, 0.3) is 0 Å². The van der Waals surface area contributed by atoms with Gasteiger partial charge in [-0.25, -0.2) is 0 Å². The molecule has 0 aromatic heterocycles. The van der Waals surface area contributed by atoms with Crippen molar-refractivity contribution in [3.63, 3.8) is 0 Å². The molecule has 0 bridgehead atoms. The van der Waals surface area contributed by atoms with Crippen molar-refractivity contribution in [1.29, 1.82) is 0 Å². The van der Waals surface area contributed by atoms with Gasteiger partial charge in [0.2, 0.25) is 11.8 Å². The van der Waals surface area contributed by atoms with E-state index in [2.05, 4.69) is 21.2 Å². The van der Waals surface area contributed by atoms with Crippen LogP contribution >= 0.6 is 15.9 Å². The number of rotatable bonds is 4. The van der Waals surface area contributed by atoms with Crippen LogP contribution < -0.4 is 10.1 Å². The summed E-state index contributed by atoms with van der Waals surface area (Å²) >= 11 is 3.34. The van der Waals surface area contributed by atoms with E-state index in [9.17, 15) is 9.59 Å². The first-order valence-corrected chi connectivity index (χ1v) is 6.83. The van der Waals surface area contributed by atoms with E-state index in [1.807, 2.05) is 24.3 Å². The van der Waals surface area contributed by atoms with Gasteiger partial charge in [-0.05, 0) is 31.2 Å². The molecular weight excluding hydrogens is 312 g/mol. The lowest BCUT2D eigenvalue weighted by atomic mass is 10.2. The van der Waals surface area contributed by atoms with Crippen LogP contribution in [0.2, 0.25) is 0 Å². The van der Waals surface area contributed by atoms with Crippen molar-refractivity contribution in [1.82, 2.24) is 10.2 Å². The molecule has 1 heterocycles. The van der Waals surface area contributed by atoms with Crippen molar-refractivity contribution in [3.05, 3.63) is 28.7 Å². The summed E-state index contributed by atoms with van der Waals surface area (Å²) in [7, 11) is 0. The highest BCUT2D eigenvalue weighted by molar-refractivity contribution is 9.10. The highest BCUT2D eigenvalue weighted by atomic mass is 79.9. The number of imide groups is 1. The van der Waals surface area contributed by atoms with Crippen LogP contribution in [0.1, 0.15) is 6.92 Å². The van der Waals surface area contributed by atoms with Gasteiger partial charge < -0.3 is 4.74 Å². The zero-order chi connectivity index (χ0) is 13.8. The van der Waals surface area contributed by atoms with Crippen LogP contribution in [0.5, 0.6) is 5.75 Å². The summed E-state index contributed by atoms with van der Waals surface area (Å²) in [4.78, 5) is 24.7. The van der Waals surface area contributed by atoms with Crippen molar-refractivity contribution < 1.29 is 14.3 Å². The topological polar surface area (TPSA) is 58.6 Å². The second kappa shape index (κ2) is 6.16. The first-order chi connectivity index (χ1) is 9.08. The zero-order valence-electron chi connectivity index (χ0n) is 10.6. The number of piperazine rings is 1. The molecule has 6 heteroatoms. The van der Waals surface area contributed by atoms with E-state index in [-0.39, 0.29) is 30.9 Å². The lowest BCUT2D eigenvalue weighted by Crippen LogP contribution is -2.57. The van der Waals surface area contributed by atoms with Gasteiger partial charge in [-0.15, -0.1) is 0 Å². The van der Waals surface area contributed by atoms with Gasteiger partial charge in [0, 0.05) is 4.47 Å². The quantitative estimate of drug-likeness (QED) is 0.844. The molecule has 1 aromatic rings. The fourth-order valence-electron chi connectivity index (χ4n) is 1.80. The van der Waals surface area contributed by atoms with Crippen molar-refractivity contribution in [2.24, 2.45) is 0 Å². The van der Waals surface area contributed by atoms with E-state index >= 15 is 0 Å². The number of nitrogens with one attached hydrogen (secondary N) is 1. The Morgan fingerprint density at radius 3 is 2.74 bits per heavy atom. The Morgan fingerprint density at radius 1 is 1.37 bits per heavy atom. The summed E-state index contributed by atoms with van der Waals surface area (Å²) in [6.45, 7) is 2.52. The Hall–Kier alpha value is -1.40. The average Bonchev–Trinajstić information content (AvgIpc) is 2.40. The molecule has 5 nitrogen and oxygen atoms in total. The van der Waals surface area contributed by atoms with Crippen LogP contribution in [0, 0.1) is 0 Å². The second-order valence-electron chi connectivity index (χ2n) is 4.29. The highest BCUT2D eigenvalue weighted by Gasteiger charge is 2.30. The van der Waals surface area contributed by atoms with E-state index in [0.717, 1.165) is 4.47 Å². The predicted molar refractivity (Wildman–Crippen MR) is 73.8 cm³/mol. The summed E-state index contributed by atoms with van der Waals surface area (Å²) in [5.74, 6) is 0.310. The van der Waals surface area contributed by atoms with Crippen molar-refractivity contribution in [2.75, 3.05) is 19.7 Å². The largest absolute Gasteiger partial charge is 0.492 e. The molecule has 2 amide bonds. The van der Waals surface area contributed by atoms with Crippen molar-refractivity contribution in [3.8, 4) is 5.75 Å². The third kappa shape index (κ3) is 3.54. The average molecular weight is 327 g/mol. The molecule has 1 aromatic carbocycles. The Labute approximate surface area is 120 Å². The summed E-state index contributed by atoms with van der Waals surface area (Å²) in [5, 5.41) is 2.84. The lowest BCUT2D eigenvalue weighted by Gasteiger charge is -2.29. The first kappa shape index (κ1) is 14.0. The van der Waals surface area contributed by atoms with E-state index in [1.54, 1.807) is 6.92 Å². The molecule has 102 valence electrons. The number of halogens is 1. The smallest absolute Gasteiger partial charge is 0.246 e. The molecule has 0 saturated carbocycles. The standard InChI is InChI=1S/C13H15BrN2O3/c1-9-13(18)16(12(17)8-15-9)6-7-19-11-4-2-10(14)3-5-11/h2-5,9,15H,6-8H2,1H3. The normalized spacial score (nSPS) is 19.7. The maximum absolute atomic E-state index is 11.8. The minimum atomic E-state index is -0.314. The van der Waals surface area contributed by atoms with Crippen LogP contribution in [-0.2, 0) is 9.59 Å². The number of hydrogen-bond acceptors (Lipinski definition) is 4. The molecule has 1 saturated heterocycles. The maximum atomic E-state index is 11.8. The second-order valence-corrected chi connectivity index (χ2v) is 5.20. The van der Waals surface area contributed by atoms with E-state index in [0.29, 0.717) is 12.4 Å². The summed E-state index contributed by atoms with van der Waals surface area (Å²) in [5.41, 5.74) is 0. The molecule has 0 spiro atoms. The predicted octanol–water partition coefficient (Wildman–Crippen LogP) is 1.17. The monoisotopic (exact) mass is 326 g/mol. The molecule has 1 fully saturated rings. The third-order valence-electron chi connectivity index (χ3n) is 2.89. The summed E-state index contributed by atoms with van der Waals surface area (Å²) < 4.78 is 6.48. The lowest BCUT2D eigenvalue weighted by molar-refractivity contribution is -0.149. The number of hydrogen-bond donors (Lipinski definition) is 1. The van der Waals surface area contributed by atoms with Gasteiger partial charge >= 0.3 is 0 Å². The molecule has 0 radical (unpaired) electrons. The number of amides is 2. The van der Waals surface area contributed by atoms with Crippen molar-refractivity contribution in [2.45, 2.75) is 13.0 Å². The maximum Gasteiger partial charge on any atom is 0.246 e. The molecule has 1 unspecified atom stereocenters. The van der Waals surface area contributed by atoms with Crippen LogP contribution in [0.3, 0.4) is 0 Å². The number of carbonyl (C=O) groups is 2. The number of ether oxygens (including phenoxy) is 1. The Balaban J connectivity index is 1.86.